The Morgan fingerprint density at radius 2 is 2.00 bits per heavy atom. The summed E-state index contributed by atoms with van der Waals surface area (Å²) in [5, 5.41) is 4.38. The van der Waals surface area contributed by atoms with E-state index in [0.29, 0.717) is 6.04 Å². The molecule has 3 heteroatoms. The van der Waals surface area contributed by atoms with Crippen LogP contribution in [0.4, 0.5) is 0 Å². The van der Waals surface area contributed by atoms with E-state index in [9.17, 15) is 0 Å². The van der Waals surface area contributed by atoms with E-state index in [1.54, 1.807) is 0 Å². The van der Waals surface area contributed by atoms with Crippen molar-refractivity contribution in [1.29, 1.82) is 0 Å². The second-order valence-electron chi connectivity index (χ2n) is 5.54. The molecule has 1 aromatic rings. The van der Waals surface area contributed by atoms with Gasteiger partial charge in [-0.2, -0.15) is 0 Å². The number of halogens is 1. The fourth-order valence-electron chi connectivity index (χ4n) is 3.11. The first-order chi connectivity index (χ1) is 8.77. The summed E-state index contributed by atoms with van der Waals surface area (Å²) in [7, 11) is 0. The lowest BCUT2D eigenvalue weighted by Gasteiger charge is -2.36. The van der Waals surface area contributed by atoms with Crippen LogP contribution in [-0.2, 0) is 0 Å². The van der Waals surface area contributed by atoms with Crippen LogP contribution in [0.1, 0.15) is 30.0 Å². The zero-order valence-electron chi connectivity index (χ0n) is 11.0. The summed E-state index contributed by atoms with van der Waals surface area (Å²) in [5.41, 5.74) is 2.72. The van der Waals surface area contributed by atoms with Crippen LogP contribution in [0.2, 0.25) is 5.02 Å². The average Bonchev–Trinajstić information content (AvgIpc) is 3.19. The third kappa shape index (κ3) is 2.42. The first kappa shape index (κ1) is 12.5. The molecule has 2 aliphatic rings. The van der Waals surface area contributed by atoms with Gasteiger partial charge in [0, 0.05) is 37.2 Å². The fraction of sp³-hybridized carbons (Fsp3) is 0.600. The number of piperazine rings is 1. The quantitative estimate of drug-likeness (QED) is 0.903. The van der Waals surface area contributed by atoms with Crippen LogP contribution in [0.5, 0.6) is 0 Å². The minimum atomic E-state index is 0.542. The zero-order valence-corrected chi connectivity index (χ0v) is 11.7. The molecule has 0 spiro atoms. The normalized spacial score (nSPS) is 23.0. The van der Waals surface area contributed by atoms with Crippen molar-refractivity contribution in [3.8, 4) is 0 Å². The smallest absolute Gasteiger partial charge is 0.0456 e. The molecule has 18 heavy (non-hydrogen) atoms. The molecule has 0 bridgehead atoms. The molecule has 2 nitrogen and oxygen atoms in total. The van der Waals surface area contributed by atoms with Crippen molar-refractivity contribution in [1.82, 2.24) is 10.2 Å². The summed E-state index contributed by atoms with van der Waals surface area (Å²) >= 11 is 6.47. The van der Waals surface area contributed by atoms with Crippen LogP contribution in [0.3, 0.4) is 0 Å². The summed E-state index contributed by atoms with van der Waals surface area (Å²) in [6, 6.07) is 6.84. The number of aryl methyl sites for hydroxylation is 1. The molecule has 0 radical (unpaired) electrons. The lowest BCUT2D eigenvalue weighted by molar-refractivity contribution is 0.156. The molecule has 1 N–H and O–H groups in total. The molecule has 1 heterocycles. The van der Waals surface area contributed by atoms with Gasteiger partial charge in [-0.05, 0) is 42.9 Å². The van der Waals surface area contributed by atoms with Crippen LogP contribution < -0.4 is 5.32 Å². The second-order valence-corrected chi connectivity index (χ2v) is 5.95. The molecule has 1 aliphatic carbocycles. The van der Waals surface area contributed by atoms with E-state index in [1.165, 1.54) is 24.0 Å². The molecule has 0 unspecified atom stereocenters. The molecule has 1 aromatic carbocycles. The van der Waals surface area contributed by atoms with Gasteiger partial charge >= 0.3 is 0 Å². The van der Waals surface area contributed by atoms with Crippen LogP contribution in [0.25, 0.3) is 0 Å². The van der Waals surface area contributed by atoms with Gasteiger partial charge in [-0.25, -0.2) is 0 Å². The molecule has 1 saturated carbocycles. The van der Waals surface area contributed by atoms with Crippen molar-refractivity contribution in [3.05, 3.63) is 34.3 Å². The highest BCUT2D eigenvalue weighted by molar-refractivity contribution is 6.31. The Hall–Kier alpha value is -0.570. The van der Waals surface area contributed by atoms with Crippen molar-refractivity contribution in [2.75, 3.05) is 26.2 Å². The topological polar surface area (TPSA) is 15.3 Å². The molecular formula is C15H21ClN2. The molecule has 2 fully saturated rings. The molecule has 1 saturated heterocycles. The summed E-state index contributed by atoms with van der Waals surface area (Å²) in [6.07, 6.45) is 2.72. The van der Waals surface area contributed by atoms with Gasteiger partial charge in [0.1, 0.15) is 0 Å². The largest absolute Gasteiger partial charge is 0.314 e. The third-order valence-corrected chi connectivity index (χ3v) is 4.51. The van der Waals surface area contributed by atoms with E-state index in [0.717, 1.165) is 37.1 Å². The lowest BCUT2D eigenvalue weighted by Crippen LogP contribution is -2.45. The number of nitrogens with zero attached hydrogens (tertiary/aromatic N) is 1. The second kappa shape index (κ2) is 5.20. The molecule has 3 rings (SSSR count). The fourth-order valence-corrected chi connectivity index (χ4v) is 3.44. The maximum atomic E-state index is 6.47. The van der Waals surface area contributed by atoms with Crippen molar-refractivity contribution >= 4 is 11.6 Å². The predicted molar refractivity (Wildman–Crippen MR) is 76.1 cm³/mol. The highest BCUT2D eigenvalue weighted by Crippen LogP contribution is 2.47. The van der Waals surface area contributed by atoms with Gasteiger partial charge in [0.05, 0.1) is 0 Å². The SMILES string of the molecule is Cc1cccc(Cl)c1[C@@H](C1CC1)N1CCNCC1. The molecule has 0 aromatic heterocycles. The Morgan fingerprint density at radius 1 is 1.28 bits per heavy atom. The Bertz CT molecular complexity index is 402. The van der Waals surface area contributed by atoms with Gasteiger partial charge < -0.3 is 5.32 Å². The molecule has 0 amide bonds. The van der Waals surface area contributed by atoms with E-state index in [4.69, 9.17) is 11.6 Å². The van der Waals surface area contributed by atoms with Crippen molar-refractivity contribution in [3.63, 3.8) is 0 Å². The zero-order chi connectivity index (χ0) is 12.5. The van der Waals surface area contributed by atoms with Gasteiger partial charge in [0.25, 0.3) is 0 Å². The maximum absolute atomic E-state index is 6.47. The highest BCUT2D eigenvalue weighted by Gasteiger charge is 2.38. The minimum Gasteiger partial charge on any atom is -0.314 e. The van der Waals surface area contributed by atoms with Gasteiger partial charge in [-0.3, -0.25) is 4.90 Å². The number of rotatable bonds is 3. The standard InChI is InChI=1S/C15H21ClN2/c1-11-3-2-4-13(16)14(11)15(12-5-6-12)18-9-7-17-8-10-18/h2-4,12,15,17H,5-10H2,1H3/t15-/m1/s1. The first-order valence-corrected chi connectivity index (χ1v) is 7.35. The first-order valence-electron chi connectivity index (χ1n) is 6.97. The van der Waals surface area contributed by atoms with Crippen LogP contribution in [0, 0.1) is 12.8 Å². The van der Waals surface area contributed by atoms with Gasteiger partial charge in [-0.1, -0.05) is 23.7 Å². The average molecular weight is 265 g/mol. The van der Waals surface area contributed by atoms with Gasteiger partial charge in [-0.15, -0.1) is 0 Å². The van der Waals surface area contributed by atoms with Crippen molar-refractivity contribution in [2.24, 2.45) is 5.92 Å². The number of hydrogen-bond acceptors (Lipinski definition) is 2. The number of nitrogens with one attached hydrogen (secondary N) is 1. The Balaban J connectivity index is 1.93. The van der Waals surface area contributed by atoms with Crippen molar-refractivity contribution in [2.45, 2.75) is 25.8 Å². The van der Waals surface area contributed by atoms with Crippen molar-refractivity contribution < 1.29 is 0 Å². The minimum absolute atomic E-state index is 0.542. The van der Waals surface area contributed by atoms with Gasteiger partial charge in [0.15, 0.2) is 0 Å². The van der Waals surface area contributed by atoms with E-state index >= 15 is 0 Å². The molecular weight excluding hydrogens is 244 g/mol. The Labute approximate surface area is 114 Å². The van der Waals surface area contributed by atoms with E-state index in [1.807, 2.05) is 6.07 Å². The number of hydrogen-bond donors (Lipinski definition) is 1. The van der Waals surface area contributed by atoms with E-state index < -0.39 is 0 Å². The monoisotopic (exact) mass is 264 g/mol. The Morgan fingerprint density at radius 3 is 2.61 bits per heavy atom. The predicted octanol–water partition coefficient (Wildman–Crippen LogP) is 3.00. The van der Waals surface area contributed by atoms with E-state index in [2.05, 4.69) is 29.3 Å². The van der Waals surface area contributed by atoms with Crippen LogP contribution in [0.15, 0.2) is 18.2 Å². The van der Waals surface area contributed by atoms with Crippen LogP contribution in [-0.4, -0.2) is 31.1 Å². The number of benzene rings is 1. The molecule has 98 valence electrons. The lowest BCUT2D eigenvalue weighted by atomic mass is 9.95. The summed E-state index contributed by atoms with van der Waals surface area (Å²) in [6.45, 7) is 6.69. The highest BCUT2D eigenvalue weighted by atomic mass is 35.5. The molecule has 1 aliphatic heterocycles. The van der Waals surface area contributed by atoms with Gasteiger partial charge in [0.2, 0.25) is 0 Å². The maximum Gasteiger partial charge on any atom is 0.0456 e. The summed E-state index contributed by atoms with van der Waals surface area (Å²) < 4.78 is 0. The summed E-state index contributed by atoms with van der Waals surface area (Å²) in [5.74, 6) is 0.821. The molecule has 1 atom stereocenters. The van der Waals surface area contributed by atoms with E-state index in [-0.39, 0.29) is 0 Å². The summed E-state index contributed by atoms with van der Waals surface area (Å²) in [4.78, 5) is 2.63. The van der Waals surface area contributed by atoms with Crippen LogP contribution >= 0.6 is 11.6 Å². The third-order valence-electron chi connectivity index (χ3n) is 4.18. The Kier molecular flexibility index (Phi) is 3.60.